The SMILES string of the molecule is O=C(c1ccc2ccccc2n1)N1CCCC[C@@H]1CCN1CCOCC1. The molecule has 2 fully saturated rings. The van der Waals surface area contributed by atoms with Crippen LogP contribution in [0.3, 0.4) is 0 Å². The third kappa shape index (κ3) is 3.89. The topological polar surface area (TPSA) is 45.7 Å². The fourth-order valence-electron chi connectivity index (χ4n) is 4.06. The molecular weight excluding hydrogens is 326 g/mol. The smallest absolute Gasteiger partial charge is 0.272 e. The zero-order valence-electron chi connectivity index (χ0n) is 15.3. The average molecular weight is 353 g/mol. The number of carbonyl (C=O) groups excluding carboxylic acids is 1. The van der Waals surface area contributed by atoms with E-state index in [0.29, 0.717) is 11.7 Å². The fourth-order valence-corrected chi connectivity index (χ4v) is 4.06. The number of para-hydroxylation sites is 1. The van der Waals surface area contributed by atoms with Gasteiger partial charge in [0.1, 0.15) is 5.69 Å². The number of hydrogen-bond donors (Lipinski definition) is 0. The van der Waals surface area contributed by atoms with E-state index in [9.17, 15) is 4.79 Å². The molecule has 0 bridgehead atoms. The molecule has 0 radical (unpaired) electrons. The van der Waals surface area contributed by atoms with Crippen molar-refractivity contribution in [3.63, 3.8) is 0 Å². The monoisotopic (exact) mass is 353 g/mol. The molecule has 2 aliphatic heterocycles. The number of morpholine rings is 1. The van der Waals surface area contributed by atoms with Crippen molar-refractivity contribution < 1.29 is 9.53 Å². The molecule has 138 valence electrons. The Morgan fingerprint density at radius 1 is 1.08 bits per heavy atom. The van der Waals surface area contributed by atoms with Crippen LogP contribution in [0.2, 0.25) is 0 Å². The highest BCUT2D eigenvalue weighted by molar-refractivity contribution is 5.95. The van der Waals surface area contributed by atoms with E-state index in [0.717, 1.165) is 69.6 Å². The number of amides is 1. The van der Waals surface area contributed by atoms with Gasteiger partial charge < -0.3 is 9.64 Å². The van der Waals surface area contributed by atoms with Gasteiger partial charge in [0.2, 0.25) is 0 Å². The molecule has 0 unspecified atom stereocenters. The van der Waals surface area contributed by atoms with Gasteiger partial charge in [-0.2, -0.15) is 0 Å². The van der Waals surface area contributed by atoms with E-state index in [4.69, 9.17) is 4.74 Å². The molecule has 1 aromatic heterocycles. The van der Waals surface area contributed by atoms with Gasteiger partial charge in [-0.1, -0.05) is 24.3 Å². The molecule has 0 aliphatic carbocycles. The summed E-state index contributed by atoms with van der Waals surface area (Å²) < 4.78 is 5.43. The number of rotatable bonds is 4. The van der Waals surface area contributed by atoms with Crippen LogP contribution in [-0.4, -0.2) is 66.1 Å². The summed E-state index contributed by atoms with van der Waals surface area (Å²) >= 11 is 0. The molecule has 2 aromatic rings. The molecule has 26 heavy (non-hydrogen) atoms. The zero-order chi connectivity index (χ0) is 17.8. The molecule has 0 spiro atoms. The van der Waals surface area contributed by atoms with Gasteiger partial charge in [0.15, 0.2) is 0 Å². The van der Waals surface area contributed by atoms with Crippen LogP contribution < -0.4 is 0 Å². The maximum Gasteiger partial charge on any atom is 0.272 e. The predicted octanol–water partition coefficient (Wildman–Crippen LogP) is 2.95. The van der Waals surface area contributed by atoms with E-state index < -0.39 is 0 Å². The third-order valence-electron chi connectivity index (χ3n) is 5.59. The van der Waals surface area contributed by atoms with Gasteiger partial charge in [-0.3, -0.25) is 9.69 Å². The number of aromatic nitrogens is 1. The number of fused-ring (bicyclic) bond motifs is 1. The lowest BCUT2D eigenvalue weighted by Crippen LogP contribution is -2.46. The molecule has 0 saturated carbocycles. The molecule has 0 N–H and O–H groups in total. The van der Waals surface area contributed by atoms with Crippen LogP contribution in [0.4, 0.5) is 0 Å². The van der Waals surface area contributed by atoms with Gasteiger partial charge >= 0.3 is 0 Å². The first-order valence-electron chi connectivity index (χ1n) is 9.78. The molecule has 2 saturated heterocycles. The van der Waals surface area contributed by atoms with Crippen LogP contribution in [0, 0.1) is 0 Å². The highest BCUT2D eigenvalue weighted by atomic mass is 16.5. The molecule has 2 aliphatic rings. The first-order chi connectivity index (χ1) is 12.8. The van der Waals surface area contributed by atoms with Crippen LogP contribution in [0.25, 0.3) is 10.9 Å². The second kappa shape index (κ2) is 8.14. The van der Waals surface area contributed by atoms with Crippen molar-refractivity contribution in [1.29, 1.82) is 0 Å². The van der Waals surface area contributed by atoms with Crippen molar-refractivity contribution in [2.45, 2.75) is 31.7 Å². The Labute approximate surface area is 154 Å². The number of ether oxygens (including phenoxy) is 1. The molecule has 1 atom stereocenters. The zero-order valence-corrected chi connectivity index (χ0v) is 15.3. The summed E-state index contributed by atoms with van der Waals surface area (Å²) in [6.45, 7) is 5.56. The Morgan fingerprint density at radius 3 is 2.81 bits per heavy atom. The highest BCUT2D eigenvalue weighted by Gasteiger charge is 2.28. The second-order valence-electron chi connectivity index (χ2n) is 7.28. The van der Waals surface area contributed by atoms with Crippen molar-refractivity contribution in [2.75, 3.05) is 39.4 Å². The number of carbonyl (C=O) groups is 1. The fraction of sp³-hybridized carbons (Fsp3) is 0.524. The van der Waals surface area contributed by atoms with Gasteiger partial charge in [0.25, 0.3) is 5.91 Å². The number of likely N-dealkylation sites (tertiary alicyclic amines) is 1. The Bertz CT molecular complexity index is 758. The Hall–Kier alpha value is -1.98. The quantitative estimate of drug-likeness (QED) is 0.848. The minimum absolute atomic E-state index is 0.0856. The Balaban J connectivity index is 1.46. The van der Waals surface area contributed by atoms with Gasteiger partial charge in [0, 0.05) is 37.6 Å². The maximum atomic E-state index is 13.1. The molecule has 1 aromatic carbocycles. The van der Waals surface area contributed by atoms with E-state index in [-0.39, 0.29) is 5.91 Å². The van der Waals surface area contributed by atoms with Crippen molar-refractivity contribution in [2.24, 2.45) is 0 Å². The number of pyridine rings is 1. The standard InChI is InChI=1S/C21H27N3O2/c25-21(20-9-8-17-5-1-2-7-19(17)22-20)24-11-4-3-6-18(24)10-12-23-13-15-26-16-14-23/h1-2,5,7-9,18H,3-4,6,10-16H2/t18-/m1/s1. The molecule has 1 amide bonds. The first-order valence-corrected chi connectivity index (χ1v) is 9.78. The largest absolute Gasteiger partial charge is 0.379 e. The summed E-state index contributed by atoms with van der Waals surface area (Å²) in [5.41, 5.74) is 1.46. The lowest BCUT2D eigenvalue weighted by Gasteiger charge is -2.37. The Morgan fingerprint density at radius 2 is 1.92 bits per heavy atom. The van der Waals surface area contributed by atoms with Crippen LogP contribution in [0.1, 0.15) is 36.2 Å². The normalized spacial score (nSPS) is 21.8. The van der Waals surface area contributed by atoms with Crippen molar-refractivity contribution in [3.05, 3.63) is 42.1 Å². The van der Waals surface area contributed by atoms with Crippen LogP contribution in [0.5, 0.6) is 0 Å². The minimum Gasteiger partial charge on any atom is -0.379 e. The molecular formula is C21H27N3O2. The lowest BCUT2D eigenvalue weighted by molar-refractivity contribution is 0.0295. The lowest BCUT2D eigenvalue weighted by atomic mass is 9.98. The summed E-state index contributed by atoms with van der Waals surface area (Å²) in [5, 5.41) is 1.08. The van der Waals surface area contributed by atoms with Gasteiger partial charge in [-0.15, -0.1) is 0 Å². The molecule has 5 heteroatoms. The van der Waals surface area contributed by atoms with Crippen LogP contribution >= 0.6 is 0 Å². The predicted molar refractivity (Wildman–Crippen MR) is 102 cm³/mol. The highest BCUT2D eigenvalue weighted by Crippen LogP contribution is 2.23. The summed E-state index contributed by atoms with van der Waals surface area (Å²) in [6.07, 6.45) is 4.44. The van der Waals surface area contributed by atoms with Gasteiger partial charge in [0.05, 0.1) is 18.7 Å². The Kier molecular flexibility index (Phi) is 5.46. The summed E-state index contributed by atoms with van der Waals surface area (Å²) in [7, 11) is 0. The summed E-state index contributed by atoms with van der Waals surface area (Å²) in [4.78, 5) is 22.3. The van der Waals surface area contributed by atoms with Gasteiger partial charge in [-0.05, 0) is 37.8 Å². The van der Waals surface area contributed by atoms with Gasteiger partial charge in [-0.25, -0.2) is 4.98 Å². The van der Waals surface area contributed by atoms with Crippen LogP contribution in [-0.2, 0) is 4.74 Å². The third-order valence-corrected chi connectivity index (χ3v) is 5.59. The summed E-state index contributed by atoms with van der Waals surface area (Å²) in [6, 6.07) is 12.2. The van der Waals surface area contributed by atoms with E-state index >= 15 is 0 Å². The number of benzene rings is 1. The summed E-state index contributed by atoms with van der Waals surface area (Å²) in [5.74, 6) is 0.0856. The van der Waals surface area contributed by atoms with E-state index in [1.165, 1.54) is 6.42 Å². The van der Waals surface area contributed by atoms with Crippen molar-refractivity contribution in [3.8, 4) is 0 Å². The first kappa shape index (κ1) is 17.4. The van der Waals surface area contributed by atoms with E-state index in [1.54, 1.807) is 0 Å². The second-order valence-corrected chi connectivity index (χ2v) is 7.28. The average Bonchev–Trinajstić information content (AvgIpc) is 2.72. The van der Waals surface area contributed by atoms with E-state index in [2.05, 4.69) is 14.8 Å². The maximum absolute atomic E-state index is 13.1. The van der Waals surface area contributed by atoms with Crippen LogP contribution in [0.15, 0.2) is 36.4 Å². The van der Waals surface area contributed by atoms with E-state index in [1.807, 2.05) is 36.4 Å². The molecule has 4 rings (SSSR count). The van der Waals surface area contributed by atoms with Crippen molar-refractivity contribution in [1.82, 2.24) is 14.8 Å². The minimum atomic E-state index is 0.0856. The number of hydrogen-bond acceptors (Lipinski definition) is 4. The molecule has 3 heterocycles. The number of nitrogens with zero attached hydrogens (tertiary/aromatic N) is 3. The van der Waals surface area contributed by atoms with Crippen molar-refractivity contribution >= 4 is 16.8 Å². The number of piperidine rings is 1. The molecule has 5 nitrogen and oxygen atoms in total.